The molecule has 2 N–H and O–H groups in total. The highest BCUT2D eigenvalue weighted by Gasteiger charge is 2.18. The molecular formula is C17H25N3O. The van der Waals surface area contributed by atoms with Gasteiger partial charge < -0.3 is 15.5 Å². The molecule has 3 rings (SSSR count). The van der Waals surface area contributed by atoms with Crippen LogP contribution in [0.15, 0.2) is 18.2 Å². The molecule has 1 amide bonds. The number of benzene rings is 1. The van der Waals surface area contributed by atoms with Crippen LogP contribution in [0.3, 0.4) is 0 Å². The standard InChI is InChI=1S/C17H25N3O/c1-20-9-6-13(7-10-20)12-19-17(21)15-4-5-16-14(11-15)3-2-8-18-16/h4-5,11,13,18H,2-3,6-10,12H2,1H3,(H,19,21). The number of nitrogens with one attached hydrogen (secondary N) is 2. The summed E-state index contributed by atoms with van der Waals surface area (Å²) in [4.78, 5) is 14.7. The van der Waals surface area contributed by atoms with Gasteiger partial charge in [0.1, 0.15) is 0 Å². The number of carbonyl (C=O) groups excluding carboxylic acids is 1. The van der Waals surface area contributed by atoms with Crippen molar-refractivity contribution in [2.24, 2.45) is 5.92 Å². The summed E-state index contributed by atoms with van der Waals surface area (Å²) >= 11 is 0. The highest BCUT2D eigenvalue weighted by molar-refractivity contribution is 5.95. The van der Waals surface area contributed by atoms with E-state index < -0.39 is 0 Å². The van der Waals surface area contributed by atoms with Gasteiger partial charge in [-0.05, 0) is 75.5 Å². The number of anilines is 1. The Bertz CT molecular complexity index is 507. The summed E-state index contributed by atoms with van der Waals surface area (Å²) in [5, 5.41) is 6.49. The highest BCUT2D eigenvalue weighted by Crippen LogP contribution is 2.23. The summed E-state index contributed by atoms with van der Waals surface area (Å²) in [6.07, 6.45) is 4.59. The minimum atomic E-state index is 0.0716. The van der Waals surface area contributed by atoms with Crippen molar-refractivity contribution >= 4 is 11.6 Å². The number of likely N-dealkylation sites (tertiary alicyclic amines) is 1. The Labute approximate surface area is 126 Å². The summed E-state index contributed by atoms with van der Waals surface area (Å²) in [6, 6.07) is 6.02. The van der Waals surface area contributed by atoms with Crippen LogP contribution in [0, 0.1) is 5.92 Å². The van der Waals surface area contributed by atoms with Crippen LogP contribution in [0.2, 0.25) is 0 Å². The van der Waals surface area contributed by atoms with E-state index in [0.717, 1.165) is 44.6 Å². The lowest BCUT2D eigenvalue weighted by molar-refractivity contribution is 0.0939. The van der Waals surface area contributed by atoms with Crippen molar-refractivity contribution in [1.29, 1.82) is 0 Å². The molecule has 114 valence electrons. The normalized spacial score (nSPS) is 19.7. The number of hydrogen-bond donors (Lipinski definition) is 2. The average molecular weight is 287 g/mol. The van der Waals surface area contributed by atoms with Gasteiger partial charge in [0.15, 0.2) is 0 Å². The molecule has 4 nitrogen and oxygen atoms in total. The monoisotopic (exact) mass is 287 g/mol. The molecule has 21 heavy (non-hydrogen) atoms. The van der Waals surface area contributed by atoms with E-state index in [-0.39, 0.29) is 5.91 Å². The lowest BCUT2D eigenvalue weighted by Crippen LogP contribution is -2.36. The molecule has 4 heteroatoms. The first-order valence-electron chi connectivity index (χ1n) is 8.06. The molecule has 0 radical (unpaired) electrons. The predicted molar refractivity (Wildman–Crippen MR) is 85.8 cm³/mol. The maximum Gasteiger partial charge on any atom is 0.251 e. The van der Waals surface area contributed by atoms with Crippen molar-refractivity contribution in [2.75, 3.05) is 38.5 Å². The van der Waals surface area contributed by atoms with Gasteiger partial charge in [0.25, 0.3) is 5.91 Å². The van der Waals surface area contributed by atoms with E-state index in [9.17, 15) is 4.79 Å². The van der Waals surface area contributed by atoms with E-state index >= 15 is 0 Å². The second-order valence-electron chi connectivity index (χ2n) is 6.36. The third-order valence-electron chi connectivity index (χ3n) is 4.70. The fourth-order valence-electron chi connectivity index (χ4n) is 3.22. The van der Waals surface area contributed by atoms with Crippen molar-refractivity contribution in [3.63, 3.8) is 0 Å². The maximum absolute atomic E-state index is 12.3. The molecule has 2 aliphatic rings. The smallest absolute Gasteiger partial charge is 0.251 e. The van der Waals surface area contributed by atoms with E-state index in [1.807, 2.05) is 18.2 Å². The van der Waals surface area contributed by atoms with Gasteiger partial charge in [-0.25, -0.2) is 0 Å². The second kappa shape index (κ2) is 6.48. The highest BCUT2D eigenvalue weighted by atomic mass is 16.1. The van der Waals surface area contributed by atoms with Crippen LogP contribution in [0.5, 0.6) is 0 Å². The van der Waals surface area contributed by atoms with Gasteiger partial charge in [0.05, 0.1) is 0 Å². The van der Waals surface area contributed by atoms with Gasteiger partial charge in [0.2, 0.25) is 0 Å². The molecule has 0 bridgehead atoms. The lowest BCUT2D eigenvalue weighted by Gasteiger charge is -2.29. The van der Waals surface area contributed by atoms with E-state index in [1.165, 1.54) is 24.1 Å². The van der Waals surface area contributed by atoms with Crippen LogP contribution >= 0.6 is 0 Å². The minimum absolute atomic E-state index is 0.0716. The number of carbonyl (C=O) groups is 1. The maximum atomic E-state index is 12.3. The Balaban J connectivity index is 1.55. The summed E-state index contributed by atoms with van der Waals surface area (Å²) in [5.74, 6) is 0.701. The first kappa shape index (κ1) is 14.4. The van der Waals surface area contributed by atoms with E-state index in [1.54, 1.807) is 0 Å². The van der Waals surface area contributed by atoms with Crippen LogP contribution in [0.25, 0.3) is 0 Å². The van der Waals surface area contributed by atoms with Crippen LogP contribution in [0.1, 0.15) is 35.2 Å². The van der Waals surface area contributed by atoms with Crippen molar-refractivity contribution in [3.8, 4) is 0 Å². The molecule has 0 spiro atoms. The molecule has 0 atom stereocenters. The third kappa shape index (κ3) is 3.56. The number of amides is 1. The third-order valence-corrected chi connectivity index (χ3v) is 4.70. The van der Waals surface area contributed by atoms with Crippen molar-refractivity contribution in [2.45, 2.75) is 25.7 Å². The van der Waals surface area contributed by atoms with Gasteiger partial charge >= 0.3 is 0 Å². The predicted octanol–water partition coefficient (Wildman–Crippen LogP) is 2.12. The first-order valence-corrected chi connectivity index (χ1v) is 8.06. The SMILES string of the molecule is CN1CCC(CNC(=O)c2ccc3c(c2)CCCN3)CC1. The number of rotatable bonds is 3. The van der Waals surface area contributed by atoms with E-state index in [4.69, 9.17) is 0 Å². The number of aryl methyl sites for hydroxylation is 1. The number of fused-ring (bicyclic) bond motifs is 1. The molecule has 1 saturated heterocycles. The Morgan fingerprint density at radius 2 is 2.19 bits per heavy atom. The van der Waals surface area contributed by atoms with Gasteiger partial charge in [-0.15, -0.1) is 0 Å². The van der Waals surface area contributed by atoms with Gasteiger partial charge in [-0.2, -0.15) is 0 Å². The van der Waals surface area contributed by atoms with E-state index in [2.05, 4.69) is 22.6 Å². The molecule has 0 saturated carbocycles. The van der Waals surface area contributed by atoms with Gasteiger partial charge in [0, 0.05) is 24.3 Å². The Kier molecular flexibility index (Phi) is 4.44. The zero-order valence-electron chi connectivity index (χ0n) is 12.8. The van der Waals surface area contributed by atoms with Crippen LogP contribution < -0.4 is 10.6 Å². The minimum Gasteiger partial charge on any atom is -0.385 e. The summed E-state index contributed by atoms with van der Waals surface area (Å²) in [6.45, 7) is 4.13. The van der Waals surface area contributed by atoms with Crippen molar-refractivity contribution < 1.29 is 4.79 Å². The van der Waals surface area contributed by atoms with Crippen molar-refractivity contribution in [1.82, 2.24) is 10.2 Å². The quantitative estimate of drug-likeness (QED) is 0.895. The molecule has 1 fully saturated rings. The average Bonchev–Trinajstić information content (AvgIpc) is 2.53. The second-order valence-corrected chi connectivity index (χ2v) is 6.36. The van der Waals surface area contributed by atoms with Gasteiger partial charge in [-0.1, -0.05) is 0 Å². The number of hydrogen-bond acceptors (Lipinski definition) is 3. The van der Waals surface area contributed by atoms with E-state index in [0.29, 0.717) is 5.92 Å². The Hall–Kier alpha value is -1.55. The molecule has 0 aromatic heterocycles. The molecular weight excluding hydrogens is 262 g/mol. The number of nitrogens with zero attached hydrogens (tertiary/aromatic N) is 1. The molecule has 1 aromatic rings. The van der Waals surface area contributed by atoms with Crippen LogP contribution in [-0.2, 0) is 6.42 Å². The van der Waals surface area contributed by atoms with Crippen molar-refractivity contribution in [3.05, 3.63) is 29.3 Å². The zero-order valence-corrected chi connectivity index (χ0v) is 12.8. The molecule has 1 aromatic carbocycles. The van der Waals surface area contributed by atoms with Crippen LogP contribution in [-0.4, -0.2) is 44.0 Å². The largest absolute Gasteiger partial charge is 0.385 e. The first-order chi connectivity index (χ1) is 10.2. The molecule has 0 unspecified atom stereocenters. The molecule has 2 heterocycles. The lowest BCUT2D eigenvalue weighted by atomic mass is 9.97. The molecule has 2 aliphatic heterocycles. The zero-order chi connectivity index (χ0) is 14.7. The fraction of sp³-hybridized carbons (Fsp3) is 0.588. The Morgan fingerprint density at radius 3 is 3.00 bits per heavy atom. The molecule has 0 aliphatic carbocycles. The summed E-state index contributed by atoms with van der Waals surface area (Å²) in [5.41, 5.74) is 3.26. The topological polar surface area (TPSA) is 44.4 Å². The van der Waals surface area contributed by atoms with Gasteiger partial charge in [-0.3, -0.25) is 4.79 Å². The fourth-order valence-corrected chi connectivity index (χ4v) is 3.22. The summed E-state index contributed by atoms with van der Waals surface area (Å²) in [7, 11) is 2.16. The summed E-state index contributed by atoms with van der Waals surface area (Å²) < 4.78 is 0. The van der Waals surface area contributed by atoms with Crippen LogP contribution in [0.4, 0.5) is 5.69 Å². The number of piperidine rings is 1. The Morgan fingerprint density at radius 1 is 1.38 bits per heavy atom.